The normalized spacial score (nSPS) is 17.2. The van der Waals surface area contributed by atoms with Gasteiger partial charge in [-0.05, 0) is 50.0 Å². The van der Waals surface area contributed by atoms with E-state index in [4.69, 9.17) is 9.47 Å². The van der Waals surface area contributed by atoms with Gasteiger partial charge in [0.25, 0.3) is 5.91 Å². The Morgan fingerprint density at radius 1 is 1.42 bits per heavy atom. The number of halogens is 2. The lowest BCUT2D eigenvalue weighted by Gasteiger charge is -2.22. The molecule has 2 rings (SSSR count). The topological polar surface area (TPSA) is 59.6 Å². The monoisotopic (exact) mass is 360 g/mol. The van der Waals surface area contributed by atoms with Crippen LogP contribution in [0.1, 0.15) is 28.8 Å². The maximum atomic E-state index is 13.8. The lowest BCUT2D eigenvalue weighted by molar-refractivity contribution is 0.0604. The number of nitrogens with one attached hydrogen (secondary N) is 2. The molecule has 1 atom stereocenters. The molecule has 1 aliphatic rings. The van der Waals surface area contributed by atoms with Crippen molar-refractivity contribution in [3.8, 4) is 0 Å². The Kier molecular flexibility index (Phi) is 9.86. The molecule has 0 aliphatic carbocycles. The van der Waals surface area contributed by atoms with Crippen LogP contribution in [0, 0.1) is 11.7 Å². The second-order valence-electron chi connectivity index (χ2n) is 5.77. The zero-order valence-electron chi connectivity index (χ0n) is 14.0. The van der Waals surface area contributed by atoms with E-state index in [9.17, 15) is 9.18 Å². The molecule has 5 nitrogen and oxygen atoms in total. The zero-order valence-corrected chi connectivity index (χ0v) is 14.8. The van der Waals surface area contributed by atoms with Crippen molar-refractivity contribution >= 4 is 18.3 Å². The fourth-order valence-corrected chi connectivity index (χ4v) is 2.59. The number of methoxy groups -OCH3 is 1. The summed E-state index contributed by atoms with van der Waals surface area (Å²) in [5.41, 5.74) is 0.841. The fraction of sp³-hybridized carbons (Fsp3) is 0.588. The predicted octanol–water partition coefficient (Wildman–Crippen LogP) is 2.14. The van der Waals surface area contributed by atoms with Gasteiger partial charge in [0.15, 0.2) is 0 Å². The van der Waals surface area contributed by atoms with Gasteiger partial charge in [0.05, 0.1) is 19.8 Å². The number of piperidine rings is 1. The van der Waals surface area contributed by atoms with Crippen molar-refractivity contribution in [1.29, 1.82) is 0 Å². The molecule has 0 saturated carbocycles. The van der Waals surface area contributed by atoms with E-state index in [0.717, 1.165) is 25.9 Å². The van der Waals surface area contributed by atoms with Gasteiger partial charge in [0.2, 0.25) is 0 Å². The molecule has 0 aromatic heterocycles. The van der Waals surface area contributed by atoms with Crippen molar-refractivity contribution in [2.24, 2.45) is 5.92 Å². The Hall–Kier alpha value is -1.21. The molecule has 1 aromatic carbocycles. The molecule has 1 saturated heterocycles. The minimum Gasteiger partial charge on any atom is -0.382 e. The molecule has 0 radical (unpaired) electrons. The van der Waals surface area contributed by atoms with Crippen molar-refractivity contribution in [2.45, 2.75) is 19.4 Å². The molecule has 1 fully saturated rings. The summed E-state index contributed by atoms with van der Waals surface area (Å²) in [4.78, 5) is 12.2. The van der Waals surface area contributed by atoms with Crippen LogP contribution in [-0.2, 0) is 16.1 Å². The number of amides is 1. The van der Waals surface area contributed by atoms with E-state index in [0.29, 0.717) is 36.8 Å². The number of rotatable bonds is 8. The molecule has 1 aromatic rings. The van der Waals surface area contributed by atoms with Gasteiger partial charge < -0.3 is 20.1 Å². The lowest BCUT2D eigenvalue weighted by Crippen LogP contribution is -2.38. The summed E-state index contributed by atoms with van der Waals surface area (Å²) in [6.45, 7) is 3.60. The summed E-state index contributed by atoms with van der Waals surface area (Å²) >= 11 is 0. The van der Waals surface area contributed by atoms with Gasteiger partial charge in [0, 0.05) is 24.8 Å². The summed E-state index contributed by atoms with van der Waals surface area (Å²) in [5.74, 6) is -0.0749. The van der Waals surface area contributed by atoms with Crippen LogP contribution in [0.4, 0.5) is 4.39 Å². The first-order valence-electron chi connectivity index (χ1n) is 8.04. The van der Waals surface area contributed by atoms with Crippen LogP contribution < -0.4 is 10.6 Å². The highest BCUT2D eigenvalue weighted by molar-refractivity contribution is 5.94. The van der Waals surface area contributed by atoms with Gasteiger partial charge in [-0.2, -0.15) is 0 Å². The molecule has 136 valence electrons. The van der Waals surface area contributed by atoms with Gasteiger partial charge in [-0.15, -0.1) is 12.4 Å². The number of carbonyl (C=O) groups is 1. The molecular formula is C17H26ClFN2O3. The number of hydrogen-bond acceptors (Lipinski definition) is 4. The molecule has 0 spiro atoms. The summed E-state index contributed by atoms with van der Waals surface area (Å²) in [6, 6.07) is 4.37. The van der Waals surface area contributed by atoms with Crippen molar-refractivity contribution in [3.05, 3.63) is 35.1 Å². The highest BCUT2D eigenvalue weighted by Gasteiger charge is 2.15. The SMILES string of the molecule is COCCOCc1cc(C(=O)NCC2CCCNC2)ccc1F.Cl. The van der Waals surface area contributed by atoms with Gasteiger partial charge in [0.1, 0.15) is 5.82 Å². The highest BCUT2D eigenvalue weighted by atomic mass is 35.5. The molecule has 24 heavy (non-hydrogen) atoms. The van der Waals surface area contributed by atoms with E-state index in [1.807, 2.05) is 0 Å². The Labute approximate surface area is 148 Å². The molecular weight excluding hydrogens is 335 g/mol. The third-order valence-corrected chi connectivity index (χ3v) is 3.95. The first-order chi connectivity index (χ1) is 11.2. The van der Waals surface area contributed by atoms with Gasteiger partial charge >= 0.3 is 0 Å². The second-order valence-corrected chi connectivity index (χ2v) is 5.77. The van der Waals surface area contributed by atoms with Gasteiger partial charge in [-0.25, -0.2) is 4.39 Å². The summed E-state index contributed by atoms with van der Waals surface area (Å²) in [5, 5.41) is 6.25. The smallest absolute Gasteiger partial charge is 0.251 e. The Balaban J connectivity index is 0.00000288. The average molecular weight is 361 g/mol. The van der Waals surface area contributed by atoms with Crippen molar-refractivity contribution < 1.29 is 18.7 Å². The molecule has 1 heterocycles. The first kappa shape index (κ1) is 20.8. The summed E-state index contributed by atoms with van der Waals surface area (Å²) in [7, 11) is 1.58. The molecule has 1 amide bonds. The van der Waals surface area contributed by atoms with Crippen LogP contribution in [0.25, 0.3) is 0 Å². The predicted molar refractivity (Wildman–Crippen MR) is 93.1 cm³/mol. The maximum Gasteiger partial charge on any atom is 0.251 e. The number of benzene rings is 1. The molecule has 7 heteroatoms. The van der Waals surface area contributed by atoms with Crippen molar-refractivity contribution in [1.82, 2.24) is 10.6 Å². The Morgan fingerprint density at radius 3 is 2.96 bits per heavy atom. The van der Waals surface area contributed by atoms with Crippen molar-refractivity contribution in [2.75, 3.05) is 40.0 Å². The fourth-order valence-electron chi connectivity index (χ4n) is 2.59. The Bertz CT molecular complexity index is 511. The van der Waals surface area contributed by atoms with E-state index in [1.54, 1.807) is 13.2 Å². The molecule has 0 bridgehead atoms. The number of hydrogen-bond donors (Lipinski definition) is 2. The van der Waals surface area contributed by atoms with E-state index in [1.165, 1.54) is 12.1 Å². The zero-order chi connectivity index (χ0) is 16.5. The van der Waals surface area contributed by atoms with Crippen LogP contribution >= 0.6 is 12.4 Å². The van der Waals surface area contributed by atoms with Crippen LogP contribution in [0.5, 0.6) is 0 Å². The standard InChI is InChI=1S/C17H25FN2O3.ClH/c1-22-7-8-23-12-15-9-14(4-5-16(15)18)17(21)20-11-13-3-2-6-19-10-13;/h4-5,9,13,19H,2-3,6-8,10-12H2,1H3,(H,20,21);1H. The van der Waals surface area contributed by atoms with Crippen LogP contribution in [-0.4, -0.2) is 45.9 Å². The van der Waals surface area contributed by atoms with E-state index < -0.39 is 0 Å². The number of ether oxygens (including phenoxy) is 2. The van der Waals surface area contributed by atoms with Crippen LogP contribution in [0.15, 0.2) is 18.2 Å². The van der Waals surface area contributed by atoms with Gasteiger partial charge in [-0.3, -0.25) is 4.79 Å². The largest absolute Gasteiger partial charge is 0.382 e. The first-order valence-corrected chi connectivity index (χ1v) is 8.04. The second kappa shape index (κ2) is 11.4. The minimum absolute atomic E-state index is 0. The van der Waals surface area contributed by atoms with E-state index in [2.05, 4.69) is 10.6 Å². The highest BCUT2D eigenvalue weighted by Crippen LogP contribution is 2.13. The third kappa shape index (κ3) is 6.73. The quantitative estimate of drug-likeness (QED) is 0.697. The van der Waals surface area contributed by atoms with E-state index >= 15 is 0 Å². The summed E-state index contributed by atoms with van der Waals surface area (Å²) < 4.78 is 24.0. The molecule has 1 aliphatic heterocycles. The molecule has 1 unspecified atom stereocenters. The van der Waals surface area contributed by atoms with E-state index in [-0.39, 0.29) is 30.7 Å². The number of carbonyl (C=O) groups excluding carboxylic acids is 1. The van der Waals surface area contributed by atoms with Crippen LogP contribution in [0.2, 0.25) is 0 Å². The Morgan fingerprint density at radius 2 is 2.25 bits per heavy atom. The van der Waals surface area contributed by atoms with Crippen LogP contribution in [0.3, 0.4) is 0 Å². The lowest BCUT2D eigenvalue weighted by atomic mass is 9.99. The minimum atomic E-state index is -0.365. The molecule has 2 N–H and O–H groups in total. The summed E-state index contributed by atoms with van der Waals surface area (Å²) in [6.07, 6.45) is 2.26. The third-order valence-electron chi connectivity index (χ3n) is 3.95. The van der Waals surface area contributed by atoms with Crippen molar-refractivity contribution in [3.63, 3.8) is 0 Å². The van der Waals surface area contributed by atoms with Gasteiger partial charge in [-0.1, -0.05) is 0 Å². The average Bonchev–Trinajstić information content (AvgIpc) is 2.59. The maximum absolute atomic E-state index is 13.8.